The monoisotopic (exact) mass is 256 g/mol. The van der Waals surface area contributed by atoms with Crippen molar-refractivity contribution in [1.29, 1.82) is 0 Å². The van der Waals surface area contributed by atoms with E-state index < -0.39 is 4.92 Å². The van der Waals surface area contributed by atoms with Crippen LogP contribution in [0.25, 0.3) is 0 Å². The number of nitrogens with one attached hydrogen (secondary N) is 1. The molecule has 100 valence electrons. The Morgan fingerprint density at radius 1 is 1.50 bits per heavy atom. The third-order valence-corrected chi connectivity index (χ3v) is 2.00. The summed E-state index contributed by atoms with van der Waals surface area (Å²) in [6.07, 6.45) is 1.77. The molecule has 0 saturated carbocycles. The predicted octanol–water partition coefficient (Wildman–Crippen LogP) is 1.23. The standard InChI is InChI=1S/C10H16N4O4/c1-3-11-10-12-7-8(14(15)16)9(13-10)18-6-4-5-17-2/h7H,3-6H2,1-2H3,(H,11,12,13). The van der Waals surface area contributed by atoms with Crippen LogP contribution in [0.3, 0.4) is 0 Å². The number of methoxy groups -OCH3 is 1. The number of nitro groups is 1. The Bertz CT molecular complexity index is 399. The van der Waals surface area contributed by atoms with Crippen LogP contribution in [0.5, 0.6) is 5.88 Å². The maximum Gasteiger partial charge on any atom is 0.349 e. The summed E-state index contributed by atoms with van der Waals surface area (Å²) < 4.78 is 10.1. The lowest BCUT2D eigenvalue weighted by atomic mass is 10.5. The van der Waals surface area contributed by atoms with E-state index >= 15 is 0 Å². The van der Waals surface area contributed by atoms with Gasteiger partial charge < -0.3 is 14.8 Å². The molecule has 0 bridgehead atoms. The Labute approximate surface area is 104 Å². The summed E-state index contributed by atoms with van der Waals surface area (Å²) in [7, 11) is 1.58. The number of aromatic nitrogens is 2. The van der Waals surface area contributed by atoms with Crippen LogP contribution in [0.2, 0.25) is 0 Å². The quantitative estimate of drug-likeness (QED) is 0.424. The fourth-order valence-electron chi connectivity index (χ4n) is 1.21. The van der Waals surface area contributed by atoms with E-state index in [1.807, 2.05) is 6.92 Å². The fourth-order valence-corrected chi connectivity index (χ4v) is 1.21. The molecule has 1 heterocycles. The van der Waals surface area contributed by atoms with E-state index in [-0.39, 0.29) is 11.6 Å². The number of ether oxygens (including phenoxy) is 2. The molecule has 0 aliphatic rings. The van der Waals surface area contributed by atoms with Crippen molar-refractivity contribution in [2.75, 3.05) is 32.2 Å². The first-order valence-corrected chi connectivity index (χ1v) is 5.56. The summed E-state index contributed by atoms with van der Waals surface area (Å²) in [4.78, 5) is 18.0. The molecule has 18 heavy (non-hydrogen) atoms. The summed E-state index contributed by atoms with van der Waals surface area (Å²) in [5, 5.41) is 13.6. The van der Waals surface area contributed by atoms with Gasteiger partial charge in [-0.1, -0.05) is 0 Å². The first-order chi connectivity index (χ1) is 8.69. The van der Waals surface area contributed by atoms with Crippen molar-refractivity contribution in [3.05, 3.63) is 16.3 Å². The van der Waals surface area contributed by atoms with E-state index in [9.17, 15) is 10.1 Å². The van der Waals surface area contributed by atoms with Gasteiger partial charge in [0.15, 0.2) is 0 Å². The number of hydrogen-bond donors (Lipinski definition) is 1. The van der Waals surface area contributed by atoms with Crippen LogP contribution >= 0.6 is 0 Å². The SMILES string of the molecule is CCNc1ncc([N+](=O)[O-])c(OCCCOC)n1. The highest BCUT2D eigenvalue weighted by Gasteiger charge is 2.18. The lowest BCUT2D eigenvalue weighted by Gasteiger charge is -2.07. The molecule has 0 atom stereocenters. The van der Waals surface area contributed by atoms with E-state index in [2.05, 4.69) is 15.3 Å². The van der Waals surface area contributed by atoms with Crippen LogP contribution in [0, 0.1) is 10.1 Å². The minimum Gasteiger partial charge on any atom is -0.473 e. The maximum atomic E-state index is 10.8. The van der Waals surface area contributed by atoms with Crippen molar-refractivity contribution in [3.8, 4) is 5.88 Å². The molecular formula is C10H16N4O4. The van der Waals surface area contributed by atoms with Crippen molar-refractivity contribution in [2.24, 2.45) is 0 Å². The zero-order chi connectivity index (χ0) is 13.4. The van der Waals surface area contributed by atoms with E-state index in [1.54, 1.807) is 7.11 Å². The molecule has 0 saturated heterocycles. The predicted molar refractivity (Wildman–Crippen MR) is 64.8 cm³/mol. The number of hydrogen-bond acceptors (Lipinski definition) is 7. The normalized spacial score (nSPS) is 10.1. The van der Waals surface area contributed by atoms with Gasteiger partial charge in [-0.15, -0.1) is 0 Å². The molecule has 0 aliphatic carbocycles. The average Bonchev–Trinajstić information content (AvgIpc) is 2.35. The molecule has 0 spiro atoms. The van der Waals surface area contributed by atoms with Crippen molar-refractivity contribution in [3.63, 3.8) is 0 Å². The third-order valence-electron chi connectivity index (χ3n) is 2.00. The minimum absolute atomic E-state index is 0.0259. The fraction of sp³-hybridized carbons (Fsp3) is 0.600. The molecule has 0 fully saturated rings. The third kappa shape index (κ3) is 4.13. The molecule has 1 rings (SSSR count). The maximum absolute atomic E-state index is 10.8. The summed E-state index contributed by atoms with van der Waals surface area (Å²) in [5.41, 5.74) is -0.242. The van der Waals surface area contributed by atoms with E-state index in [0.29, 0.717) is 32.1 Å². The molecule has 8 heteroatoms. The van der Waals surface area contributed by atoms with Crippen LogP contribution in [0.4, 0.5) is 11.6 Å². The van der Waals surface area contributed by atoms with E-state index in [4.69, 9.17) is 9.47 Å². The highest BCUT2D eigenvalue weighted by atomic mass is 16.6. The Balaban J connectivity index is 2.76. The molecule has 1 aromatic heterocycles. The summed E-state index contributed by atoms with van der Waals surface area (Å²) in [5.74, 6) is 0.284. The Hall–Kier alpha value is -1.96. The second-order valence-corrected chi connectivity index (χ2v) is 3.37. The van der Waals surface area contributed by atoms with Gasteiger partial charge in [0.25, 0.3) is 5.88 Å². The van der Waals surface area contributed by atoms with Crippen LogP contribution < -0.4 is 10.1 Å². The van der Waals surface area contributed by atoms with Crippen molar-refractivity contribution in [2.45, 2.75) is 13.3 Å². The highest BCUT2D eigenvalue weighted by Crippen LogP contribution is 2.24. The molecule has 0 aromatic carbocycles. The van der Waals surface area contributed by atoms with Crippen molar-refractivity contribution < 1.29 is 14.4 Å². The molecule has 0 aliphatic heterocycles. The van der Waals surface area contributed by atoms with Crippen molar-refractivity contribution in [1.82, 2.24) is 9.97 Å². The van der Waals surface area contributed by atoms with Gasteiger partial charge in [0.05, 0.1) is 11.5 Å². The zero-order valence-electron chi connectivity index (χ0n) is 10.4. The Morgan fingerprint density at radius 2 is 2.28 bits per heavy atom. The van der Waals surface area contributed by atoms with Crippen LogP contribution in [0.15, 0.2) is 6.20 Å². The lowest BCUT2D eigenvalue weighted by molar-refractivity contribution is -0.386. The van der Waals surface area contributed by atoms with E-state index in [0.717, 1.165) is 6.20 Å². The van der Waals surface area contributed by atoms with Crippen LogP contribution in [-0.4, -0.2) is 41.8 Å². The number of nitrogens with zero attached hydrogens (tertiary/aromatic N) is 3. The zero-order valence-corrected chi connectivity index (χ0v) is 10.4. The first-order valence-electron chi connectivity index (χ1n) is 5.56. The smallest absolute Gasteiger partial charge is 0.349 e. The molecule has 0 amide bonds. The summed E-state index contributed by atoms with van der Waals surface area (Å²) >= 11 is 0. The average molecular weight is 256 g/mol. The summed E-state index contributed by atoms with van der Waals surface area (Å²) in [6.45, 7) is 3.33. The Morgan fingerprint density at radius 3 is 2.89 bits per heavy atom. The Kier molecular flexibility index (Phi) is 5.78. The topological polar surface area (TPSA) is 99.4 Å². The molecule has 8 nitrogen and oxygen atoms in total. The summed E-state index contributed by atoms with van der Waals surface area (Å²) in [6, 6.07) is 0. The first kappa shape index (κ1) is 14.1. The largest absolute Gasteiger partial charge is 0.473 e. The van der Waals surface area contributed by atoms with Crippen LogP contribution in [-0.2, 0) is 4.74 Å². The molecule has 1 aromatic rings. The van der Waals surface area contributed by atoms with Gasteiger partial charge >= 0.3 is 5.69 Å². The van der Waals surface area contributed by atoms with Gasteiger partial charge in [0.1, 0.15) is 6.20 Å². The van der Waals surface area contributed by atoms with Crippen molar-refractivity contribution >= 4 is 11.6 Å². The number of anilines is 1. The van der Waals surface area contributed by atoms with Gasteiger partial charge in [-0.2, -0.15) is 4.98 Å². The second-order valence-electron chi connectivity index (χ2n) is 3.37. The van der Waals surface area contributed by atoms with E-state index in [1.165, 1.54) is 0 Å². The van der Waals surface area contributed by atoms with Gasteiger partial charge in [0.2, 0.25) is 5.95 Å². The molecule has 1 N–H and O–H groups in total. The van der Waals surface area contributed by atoms with Gasteiger partial charge in [-0.3, -0.25) is 10.1 Å². The van der Waals surface area contributed by atoms with Gasteiger partial charge in [0, 0.05) is 26.7 Å². The molecule has 0 unspecified atom stereocenters. The number of rotatable bonds is 8. The lowest BCUT2D eigenvalue weighted by Crippen LogP contribution is -2.08. The molecule has 0 radical (unpaired) electrons. The van der Waals surface area contributed by atoms with Crippen LogP contribution in [0.1, 0.15) is 13.3 Å². The van der Waals surface area contributed by atoms with Gasteiger partial charge in [-0.25, -0.2) is 4.98 Å². The van der Waals surface area contributed by atoms with Gasteiger partial charge in [-0.05, 0) is 6.92 Å². The highest BCUT2D eigenvalue weighted by molar-refractivity contribution is 5.43. The molecular weight excluding hydrogens is 240 g/mol. The second kappa shape index (κ2) is 7.38. The minimum atomic E-state index is -0.568.